The second-order valence-corrected chi connectivity index (χ2v) is 13.5. The fraction of sp³-hybridized carbons (Fsp3) is 1.00. The van der Waals surface area contributed by atoms with Gasteiger partial charge in [0.25, 0.3) is 0 Å². The Morgan fingerprint density at radius 3 is 1.05 bits per heavy atom. The molecule has 3 fully saturated rings. The molecule has 20 heavy (non-hydrogen) atoms. The predicted molar refractivity (Wildman–Crippen MR) is 80.5 cm³/mol. The second-order valence-electron chi connectivity index (χ2n) is 5.21. The second kappa shape index (κ2) is 7.20. The van der Waals surface area contributed by atoms with Gasteiger partial charge in [0.1, 0.15) is 0 Å². The van der Waals surface area contributed by atoms with Crippen molar-refractivity contribution >= 4 is 22.9 Å². The molecule has 116 valence electrons. The summed E-state index contributed by atoms with van der Waals surface area (Å²) in [4.78, 5) is 0. The Kier molecular flexibility index (Phi) is 5.56. The molecule has 0 radical (unpaired) electrons. The quantitative estimate of drug-likeness (QED) is 0.631. The molecule has 3 rings (SSSR count). The Morgan fingerprint density at radius 2 is 0.800 bits per heavy atom. The monoisotopic (exact) mass is 365 g/mol. The molecular formula is C12H24AsN3O3S. The number of nitrogens with zero attached hydrogens (tertiary/aromatic N) is 3. The van der Waals surface area contributed by atoms with Gasteiger partial charge in [0.2, 0.25) is 0 Å². The third-order valence-electron chi connectivity index (χ3n) is 4.07. The van der Waals surface area contributed by atoms with Crippen LogP contribution in [0.5, 0.6) is 0 Å². The summed E-state index contributed by atoms with van der Waals surface area (Å²) in [5, 5.41) is 0. The van der Waals surface area contributed by atoms with Crippen molar-refractivity contribution < 1.29 is 14.2 Å². The van der Waals surface area contributed by atoms with Gasteiger partial charge >= 0.3 is 128 Å². The van der Waals surface area contributed by atoms with E-state index in [0.717, 1.165) is 78.9 Å². The van der Waals surface area contributed by atoms with Crippen LogP contribution in [0, 0.1) is 0 Å². The Morgan fingerprint density at radius 1 is 0.550 bits per heavy atom. The van der Waals surface area contributed by atoms with Crippen molar-refractivity contribution in [3.63, 3.8) is 0 Å². The van der Waals surface area contributed by atoms with Gasteiger partial charge in [-0.1, -0.05) is 0 Å². The number of ether oxygens (including phenoxy) is 3. The first kappa shape index (κ1) is 15.4. The Hall–Kier alpha value is 0.538. The van der Waals surface area contributed by atoms with Crippen molar-refractivity contribution in [3.05, 3.63) is 0 Å². The van der Waals surface area contributed by atoms with Crippen LogP contribution in [0.1, 0.15) is 0 Å². The van der Waals surface area contributed by atoms with Gasteiger partial charge < -0.3 is 0 Å². The van der Waals surface area contributed by atoms with Crippen LogP contribution in [0.2, 0.25) is 0 Å². The van der Waals surface area contributed by atoms with Gasteiger partial charge in [-0.15, -0.1) is 0 Å². The van der Waals surface area contributed by atoms with Crippen LogP contribution in [0.25, 0.3) is 0 Å². The summed E-state index contributed by atoms with van der Waals surface area (Å²) >= 11 is -2.62. The van der Waals surface area contributed by atoms with Crippen LogP contribution >= 0.6 is 10.4 Å². The number of hydrogen-bond donors (Lipinski definition) is 0. The summed E-state index contributed by atoms with van der Waals surface area (Å²) < 4.78 is 24.3. The average Bonchev–Trinajstić information content (AvgIpc) is 2.56. The Balaban J connectivity index is 1.81. The minimum absolute atomic E-state index is 0.814. The standard InChI is InChI=1S/C12H24AsN3O3S/c20-13(14-1-7-17-8-2-14,15-3-9-18-10-4-15)16-5-11-19-12-6-16/h1-12H2. The van der Waals surface area contributed by atoms with E-state index in [4.69, 9.17) is 24.6 Å². The molecule has 6 nitrogen and oxygen atoms in total. The van der Waals surface area contributed by atoms with E-state index in [2.05, 4.69) is 11.5 Å². The molecule has 0 aromatic carbocycles. The summed E-state index contributed by atoms with van der Waals surface area (Å²) in [5.41, 5.74) is 0. The van der Waals surface area contributed by atoms with Crippen molar-refractivity contribution in [2.45, 2.75) is 0 Å². The molecule has 0 bridgehead atoms. The van der Waals surface area contributed by atoms with E-state index in [-0.39, 0.29) is 0 Å². The fourth-order valence-corrected chi connectivity index (χ4v) is 12.1. The number of rotatable bonds is 3. The SMILES string of the molecule is S=[As](N1CCOCC1)(N1CCOCC1)N1CCOCC1. The van der Waals surface area contributed by atoms with Crippen molar-refractivity contribution in [3.8, 4) is 0 Å². The molecule has 8 heteroatoms. The first-order valence-electron chi connectivity index (χ1n) is 7.41. The maximum atomic E-state index is 6.34. The molecule has 0 aliphatic carbocycles. The van der Waals surface area contributed by atoms with Gasteiger partial charge in [-0.05, 0) is 0 Å². The van der Waals surface area contributed by atoms with Crippen LogP contribution in [-0.4, -0.2) is 103 Å². The van der Waals surface area contributed by atoms with Crippen molar-refractivity contribution in [1.82, 2.24) is 11.5 Å². The van der Waals surface area contributed by atoms with Gasteiger partial charge in [0, 0.05) is 0 Å². The van der Waals surface area contributed by atoms with E-state index in [0.29, 0.717) is 0 Å². The third-order valence-corrected chi connectivity index (χ3v) is 14.8. The molecule has 0 unspecified atom stereocenters. The molecule has 0 atom stereocenters. The van der Waals surface area contributed by atoms with Gasteiger partial charge in [0.05, 0.1) is 0 Å². The van der Waals surface area contributed by atoms with E-state index in [9.17, 15) is 0 Å². The summed E-state index contributed by atoms with van der Waals surface area (Å²) in [5.74, 6) is 0. The van der Waals surface area contributed by atoms with E-state index in [1.807, 2.05) is 0 Å². The third kappa shape index (κ3) is 3.15. The Labute approximate surface area is 127 Å². The molecule has 0 aromatic heterocycles. The molecule has 0 spiro atoms. The average molecular weight is 365 g/mol. The molecule has 3 saturated heterocycles. The number of hydrogen-bond acceptors (Lipinski definition) is 4. The Bertz CT molecular complexity index is 304. The molecule has 0 aromatic rings. The van der Waals surface area contributed by atoms with Crippen LogP contribution in [-0.2, 0) is 14.2 Å². The van der Waals surface area contributed by atoms with Crippen molar-refractivity contribution in [1.29, 1.82) is 0 Å². The van der Waals surface area contributed by atoms with Gasteiger partial charge in [-0.2, -0.15) is 0 Å². The van der Waals surface area contributed by atoms with Gasteiger partial charge in [-0.3, -0.25) is 0 Å². The zero-order valence-electron chi connectivity index (χ0n) is 11.9. The zero-order chi connectivity index (χ0) is 13.8. The first-order valence-corrected chi connectivity index (χ1v) is 12.6. The predicted octanol–water partition coefficient (Wildman–Crippen LogP) is -0.384. The molecule has 0 amide bonds. The van der Waals surface area contributed by atoms with Crippen LogP contribution in [0.15, 0.2) is 0 Å². The van der Waals surface area contributed by atoms with Crippen molar-refractivity contribution in [2.75, 3.05) is 78.9 Å². The summed E-state index contributed by atoms with van der Waals surface area (Å²) in [6.07, 6.45) is 0. The normalized spacial score (nSPS) is 28.6. The minimum atomic E-state index is -2.62. The van der Waals surface area contributed by atoms with E-state index >= 15 is 0 Å². The van der Waals surface area contributed by atoms with E-state index < -0.39 is 12.6 Å². The van der Waals surface area contributed by atoms with Crippen LogP contribution in [0.3, 0.4) is 0 Å². The van der Waals surface area contributed by atoms with Gasteiger partial charge in [-0.25, -0.2) is 0 Å². The molecule has 3 aliphatic rings. The van der Waals surface area contributed by atoms with E-state index in [1.54, 1.807) is 0 Å². The first-order chi connectivity index (χ1) is 9.82. The van der Waals surface area contributed by atoms with Crippen LogP contribution < -0.4 is 0 Å². The molecule has 0 saturated carbocycles. The number of morpholine rings is 3. The summed E-state index contributed by atoms with van der Waals surface area (Å²) in [7, 11) is 6.34. The summed E-state index contributed by atoms with van der Waals surface area (Å²) in [6, 6.07) is 0. The van der Waals surface area contributed by atoms with Crippen LogP contribution in [0.4, 0.5) is 0 Å². The van der Waals surface area contributed by atoms with Gasteiger partial charge in [0.15, 0.2) is 0 Å². The molecule has 0 N–H and O–H groups in total. The molecular weight excluding hydrogens is 341 g/mol. The maximum absolute atomic E-state index is 6.34. The fourth-order valence-electron chi connectivity index (χ4n) is 2.98. The molecule has 3 aliphatic heterocycles. The van der Waals surface area contributed by atoms with E-state index in [1.165, 1.54) is 0 Å². The molecule has 3 heterocycles. The zero-order valence-corrected chi connectivity index (χ0v) is 14.6. The summed E-state index contributed by atoms with van der Waals surface area (Å²) in [6.45, 7) is 10.7. The van der Waals surface area contributed by atoms with Crippen molar-refractivity contribution in [2.24, 2.45) is 0 Å². The topological polar surface area (TPSA) is 37.4 Å².